The molecule has 2 rings (SSSR count). The molecule has 0 radical (unpaired) electrons. The highest BCUT2D eigenvalue weighted by molar-refractivity contribution is 9.10. The summed E-state index contributed by atoms with van der Waals surface area (Å²) in [5, 5.41) is 15.9. The lowest BCUT2D eigenvalue weighted by Crippen LogP contribution is -1.95. The molecule has 18 heavy (non-hydrogen) atoms. The number of halogens is 1. The van der Waals surface area contributed by atoms with Crippen LogP contribution in [0.25, 0.3) is 0 Å². The van der Waals surface area contributed by atoms with E-state index in [1.54, 1.807) is 7.05 Å². The van der Waals surface area contributed by atoms with Crippen LogP contribution in [0.4, 0.5) is 16.6 Å². The number of nitrogens with zero attached hydrogens (tertiary/aromatic N) is 2. The average molecular weight is 323 g/mol. The number of aryl methyl sites for hydroxylation is 1. The molecule has 0 aliphatic rings. The van der Waals surface area contributed by atoms with Crippen LogP contribution in [-0.2, 0) is 0 Å². The minimum Gasteiger partial charge on any atom is -0.364 e. The summed E-state index contributed by atoms with van der Waals surface area (Å²) in [6.45, 7) is 2.00. The normalized spacial score (nSPS) is 9.89. The van der Waals surface area contributed by atoms with E-state index in [4.69, 9.17) is 5.26 Å². The number of aromatic nitrogens is 1. The van der Waals surface area contributed by atoms with Crippen LogP contribution in [0.15, 0.2) is 22.7 Å². The number of rotatable bonds is 3. The molecule has 0 atom stereocenters. The van der Waals surface area contributed by atoms with Crippen molar-refractivity contribution in [1.82, 2.24) is 4.98 Å². The topological polar surface area (TPSA) is 60.7 Å². The van der Waals surface area contributed by atoms with Crippen molar-refractivity contribution >= 4 is 43.9 Å². The molecule has 0 saturated carbocycles. The second kappa shape index (κ2) is 5.38. The number of nitriles is 1. The molecule has 2 aromatic rings. The van der Waals surface area contributed by atoms with Gasteiger partial charge in [-0.1, -0.05) is 27.3 Å². The molecule has 0 fully saturated rings. The van der Waals surface area contributed by atoms with Gasteiger partial charge < -0.3 is 10.6 Å². The molecule has 0 saturated heterocycles. The Labute approximate surface area is 118 Å². The lowest BCUT2D eigenvalue weighted by Gasteiger charge is -2.07. The number of anilines is 3. The highest BCUT2D eigenvalue weighted by Gasteiger charge is 2.11. The van der Waals surface area contributed by atoms with Crippen molar-refractivity contribution in [2.45, 2.75) is 6.92 Å². The fraction of sp³-hybridized carbons (Fsp3) is 0.167. The number of benzene rings is 1. The van der Waals surface area contributed by atoms with Gasteiger partial charge in [0.25, 0.3) is 0 Å². The quantitative estimate of drug-likeness (QED) is 0.900. The summed E-state index contributed by atoms with van der Waals surface area (Å²) in [6, 6.07) is 8.07. The molecule has 1 aromatic carbocycles. The third-order valence-corrected chi connectivity index (χ3v) is 3.85. The van der Waals surface area contributed by atoms with E-state index in [2.05, 4.69) is 37.6 Å². The summed E-state index contributed by atoms with van der Waals surface area (Å²) in [6.07, 6.45) is 0. The summed E-state index contributed by atoms with van der Waals surface area (Å²) in [7, 11) is 1.79. The summed E-state index contributed by atoms with van der Waals surface area (Å²) in [5.41, 5.74) is 2.04. The lowest BCUT2D eigenvalue weighted by molar-refractivity contribution is 1.32. The summed E-state index contributed by atoms with van der Waals surface area (Å²) in [4.78, 5) is 4.89. The number of nitrogens with one attached hydrogen (secondary N) is 2. The van der Waals surface area contributed by atoms with Gasteiger partial charge in [0.2, 0.25) is 0 Å². The van der Waals surface area contributed by atoms with Gasteiger partial charge in [0, 0.05) is 17.2 Å². The molecular formula is C12H11BrN4S. The molecule has 6 heteroatoms. The van der Waals surface area contributed by atoms with Crippen LogP contribution in [0.2, 0.25) is 0 Å². The lowest BCUT2D eigenvalue weighted by atomic mass is 10.2. The van der Waals surface area contributed by atoms with Crippen LogP contribution in [0.1, 0.15) is 10.4 Å². The smallest absolute Gasteiger partial charge is 0.185 e. The predicted molar refractivity (Wildman–Crippen MR) is 78.5 cm³/mol. The maximum absolute atomic E-state index is 9.06. The van der Waals surface area contributed by atoms with Crippen LogP contribution in [0.5, 0.6) is 0 Å². The third kappa shape index (κ3) is 2.63. The zero-order valence-corrected chi connectivity index (χ0v) is 12.3. The molecule has 4 nitrogen and oxygen atoms in total. The van der Waals surface area contributed by atoms with Crippen LogP contribution >= 0.6 is 27.3 Å². The first kappa shape index (κ1) is 12.9. The van der Waals surface area contributed by atoms with E-state index in [-0.39, 0.29) is 0 Å². The maximum atomic E-state index is 9.06. The van der Waals surface area contributed by atoms with Gasteiger partial charge in [0.05, 0.1) is 0 Å². The fourth-order valence-corrected chi connectivity index (χ4v) is 2.63. The largest absolute Gasteiger partial charge is 0.364 e. The highest BCUT2D eigenvalue weighted by atomic mass is 79.9. The van der Waals surface area contributed by atoms with Crippen LogP contribution in [0.3, 0.4) is 0 Å². The Morgan fingerprint density at radius 2 is 2.22 bits per heavy atom. The summed E-state index contributed by atoms with van der Waals surface area (Å²) < 4.78 is 1.03. The monoisotopic (exact) mass is 322 g/mol. The molecule has 0 spiro atoms. The Balaban J connectivity index is 2.34. The Hall–Kier alpha value is -1.58. The molecule has 1 heterocycles. The summed E-state index contributed by atoms with van der Waals surface area (Å²) in [5.74, 6) is 0.595. The van der Waals surface area contributed by atoms with Gasteiger partial charge in [0.15, 0.2) is 15.8 Å². The molecule has 0 aliphatic carbocycles. The van der Waals surface area contributed by atoms with Crippen molar-refractivity contribution in [1.29, 1.82) is 5.26 Å². The maximum Gasteiger partial charge on any atom is 0.185 e. The molecule has 1 aromatic heterocycles. The molecule has 2 N–H and O–H groups in total. The number of thiazole rings is 1. The number of hydrogen-bond donors (Lipinski definition) is 2. The van der Waals surface area contributed by atoms with Crippen molar-refractivity contribution in [3.63, 3.8) is 0 Å². The molecular weight excluding hydrogens is 312 g/mol. The first-order valence-corrected chi connectivity index (χ1v) is 6.87. The molecule has 0 aliphatic heterocycles. The van der Waals surface area contributed by atoms with Crippen molar-refractivity contribution in [3.05, 3.63) is 33.1 Å². The zero-order valence-electron chi connectivity index (χ0n) is 9.91. The van der Waals surface area contributed by atoms with Crippen LogP contribution in [0, 0.1) is 18.3 Å². The van der Waals surface area contributed by atoms with E-state index in [0.29, 0.717) is 10.7 Å². The Kier molecular flexibility index (Phi) is 3.84. The highest BCUT2D eigenvalue weighted by Crippen LogP contribution is 2.30. The summed E-state index contributed by atoms with van der Waals surface area (Å²) >= 11 is 4.75. The Morgan fingerprint density at radius 1 is 1.44 bits per heavy atom. The van der Waals surface area contributed by atoms with E-state index in [9.17, 15) is 0 Å². The molecule has 0 bridgehead atoms. The van der Waals surface area contributed by atoms with Gasteiger partial charge in [-0.15, -0.1) is 0 Å². The van der Waals surface area contributed by atoms with Gasteiger partial charge in [-0.2, -0.15) is 5.26 Å². The van der Waals surface area contributed by atoms with Gasteiger partial charge in [-0.3, -0.25) is 0 Å². The minimum absolute atomic E-state index is 0.571. The van der Waals surface area contributed by atoms with E-state index < -0.39 is 0 Å². The zero-order chi connectivity index (χ0) is 13.1. The standard InChI is InChI=1S/C12H11BrN4S/c1-7-5-8(13)3-4-9(7)16-11-10(6-14)18-12(15-2)17-11/h3-5,16H,1-2H3,(H,15,17). The van der Waals surface area contributed by atoms with E-state index in [1.165, 1.54) is 11.3 Å². The van der Waals surface area contributed by atoms with E-state index >= 15 is 0 Å². The second-order valence-electron chi connectivity index (χ2n) is 3.64. The number of hydrogen-bond acceptors (Lipinski definition) is 5. The molecule has 0 amide bonds. The SMILES string of the molecule is CNc1nc(Nc2ccc(Br)cc2C)c(C#N)s1. The van der Waals surface area contributed by atoms with Crippen LogP contribution < -0.4 is 10.6 Å². The molecule has 0 unspecified atom stereocenters. The minimum atomic E-state index is 0.571. The first-order valence-electron chi connectivity index (χ1n) is 5.26. The van der Waals surface area contributed by atoms with Crippen molar-refractivity contribution in [3.8, 4) is 6.07 Å². The van der Waals surface area contributed by atoms with Gasteiger partial charge in [-0.25, -0.2) is 4.98 Å². The van der Waals surface area contributed by atoms with E-state index in [0.717, 1.165) is 20.9 Å². The van der Waals surface area contributed by atoms with E-state index in [1.807, 2.05) is 25.1 Å². The van der Waals surface area contributed by atoms with Crippen LogP contribution in [-0.4, -0.2) is 12.0 Å². The second-order valence-corrected chi connectivity index (χ2v) is 5.56. The molecule has 92 valence electrons. The van der Waals surface area contributed by atoms with Crippen molar-refractivity contribution in [2.75, 3.05) is 17.7 Å². The Morgan fingerprint density at radius 3 is 2.83 bits per heavy atom. The average Bonchev–Trinajstić information content (AvgIpc) is 2.75. The Bertz CT molecular complexity index is 615. The van der Waals surface area contributed by atoms with Gasteiger partial charge >= 0.3 is 0 Å². The van der Waals surface area contributed by atoms with Crippen molar-refractivity contribution < 1.29 is 0 Å². The first-order chi connectivity index (χ1) is 8.63. The van der Waals surface area contributed by atoms with Gasteiger partial charge in [0.1, 0.15) is 6.07 Å². The fourth-order valence-electron chi connectivity index (χ4n) is 1.48. The third-order valence-electron chi connectivity index (χ3n) is 2.38. The predicted octanol–water partition coefficient (Wildman–Crippen LogP) is 3.87. The van der Waals surface area contributed by atoms with Gasteiger partial charge in [-0.05, 0) is 30.7 Å². The van der Waals surface area contributed by atoms with Crippen molar-refractivity contribution in [2.24, 2.45) is 0 Å².